The molecular formula is C3H8N4S. The molecule has 0 atom stereocenters. The molecule has 5 heteroatoms. The molecule has 0 aliphatic rings. The van der Waals surface area contributed by atoms with Crippen molar-refractivity contribution in [2.45, 2.75) is 0 Å². The molecule has 0 saturated carbocycles. The van der Waals surface area contributed by atoms with Crippen molar-refractivity contribution in [1.29, 1.82) is 0 Å². The second-order valence-electron chi connectivity index (χ2n) is 0.932. The lowest BCUT2D eigenvalue weighted by Crippen LogP contribution is -2.03. The van der Waals surface area contributed by atoms with Crippen molar-refractivity contribution >= 4 is 16.9 Å². The zero-order valence-electron chi connectivity index (χ0n) is 4.83. The first-order chi connectivity index (χ1) is 3.81. The van der Waals surface area contributed by atoms with Gasteiger partial charge in [-0.25, -0.2) is 0 Å². The van der Waals surface area contributed by atoms with E-state index in [2.05, 4.69) is 15.4 Å². The summed E-state index contributed by atoms with van der Waals surface area (Å²) in [4.78, 5) is 0. The van der Waals surface area contributed by atoms with Gasteiger partial charge in [-0.3, -0.25) is 0 Å². The molecule has 8 heavy (non-hydrogen) atoms. The van der Waals surface area contributed by atoms with Crippen LogP contribution in [-0.4, -0.2) is 18.5 Å². The lowest BCUT2D eigenvalue weighted by atomic mass is 11.4. The summed E-state index contributed by atoms with van der Waals surface area (Å²) in [5, 5.41) is 10.6. The Kier molecular flexibility index (Phi) is 4.24. The minimum atomic E-state index is 0.426. The highest BCUT2D eigenvalue weighted by molar-refractivity contribution is 8.13. The summed E-state index contributed by atoms with van der Waals surface area (Å²) < 4.78 is 0. The van der Waals surface area contributed by atoms with E-state index in [-0.39, 0.29) is 0 Å². The molecule has 0 aliphatic heterocycles. The van der Waals surface area contributed by atoms with Crippen LogP contribution in [0.4, 0.5) is 0 Å². The van der Waals surface area contributed by atoms with E-state index >= 15 is 0 Å². The highest BCUT2D eigenvalue weighted by Crippen LogP contribution is 1.90. The Morgan fingerprint density at radius 1 is 1.62 bits per heavy atom. The minimum Gasteiger partial charge on any atom is -0.377 e. The van der Waals surface area contributed by atoms with Gasteiger partial charge in [0.2, 0.25) is 0 Å². The Morgan fingerprint density at radius 3 is 2.62 bits per heavy atom. The van der Waals surface area contributed by atoms with Crippen LogP contribution in [0.1, 0.15) is 0 Å². The molecule has 0 aliphatic carbocycles. The molecule has 4 nitrogen and oxygen atoms in total. The van der Waals surface area contributed by atoms with E-state index in [1.807, 2.05) is 6.26 Å². The minimum absolute atomic E-state index is 0.426. The fraction of sp³-hybridized carbons (Fsp3) is 0.667. The summed E-state index contributed by atoms with van der Waals surface area (Å²) >= 11 is 1.34. The van der Waals surface area contributed by atoms with Crippen LogP contribution in [-0.2, 0) is 0 Å². The molecule has 0 unspecified atom stereocenters. The molecule has 0 aromatic rings. The summed E-state index contributed by atoms with van der Waals surface area (Å²) in [6, 6.07) is 0. The molecule has 2 N–H and O–H groups in total. The molecular weight excluding hydrogens is 124 g/mol. The van der Waals surface area contributed by atoms with Crippen molar-refractivity contribution in [3.63, 3.8) is 0 Å². The Bertz CT molecular complexity index is 108. The van der Waals surface area contributed by atoms with Gasteiger partial charge in [0.15, 0.2) is 5.17 Å². The lowest BCUT2D eigenvalue weighted by molar-refractivity contribution is 1.02. The molecule has 0 bridgehead atoms. The Hall–Kier alpha value is -0.580. The van der Waals surface area contributed by atoms with Gasteiger partial charge < -0.3 is 5.73 Å². The Balaban J connectivity index is 3.57. The molecule has 0 heterocycles. The normalized spacial score (nSPS) is 13.0. The van der Waals surface area contributed by atoms with Crippen molar-refractivity contribution in [2.24, 2.45) is 21.2 Å². The highest BCUT2D eigenvalue weighted by atomic mass is 32.2. The molecule has 0 spiro atoms. The molecule has 0 radical (unpaired) electrons. The van der Waals surface area contributed by atoms with Gasteiger partial charge in [-0.1, -0.05) is 11.8 Å². The average molecular weight is 132 g/mol. The van der Waals surface area contributed by atoms with Crippen LogP contribution in [0.15, 0.2) is 15.4 Å². The molecule has 0 rings (SSSR count). The predicted molar refractivity (Wildman–Crippen MR) is 35.9 cm³/mol. The van der Waals surface area contributed by atoms with E-state index in [4.69, 9.17) is 5.73 Å². The number of hydrogen-bond acceptors (Lipinski definition) is 3. The summed E-state index contributed by atoms with van der Waals surface area (Å²) in [6.45, 7) is 0. The standard InChI is InChI=1S/C3H8N4S/c1-5-7-6-3(4)8-2/h1-2H3,(H2,4,5,6). The third-order valence-electron chi connectivity index (χ3n) is 0.442. The van der Waals surface area contributed by atoms with Crippen LogP contribution in [0.5, 0.6) is 0 Å². The zero-order valence-corrected chi connectivity index (χ0v) is 5.64. The van der Waals surface area contributed by atoms with Gasteiger partial charge in [-0.15, -0.1) is 5.10 Å². The van der Waals surface area contributed by atoms with Gasteiger partial charge in [0.25, 0.3) is 0 Å². The van der Waals surface area contributed by atoms with E-state index in [0.717, 1.165) is 0 Å². The van der Waals surface area contributed by atoms with Crippen LogP contribution < -0.4 is 5.73 Å². The predicted octanol–water partition coefficient (Wildman–Crippen LogP) is 0.661. The maximum absolute atomic E-state index is 5.22. The second-order valence-corrected chi connectivity index (χ2v) is 1.76. The smallest absolute Gasteiger partial charge is 0.182 e. The van der Waals surface area contributed by atoms with Crippen molar-refractivity contribution in [2.75, 3.05) is 13.3 Å². The van der Waals surface area contributed by atoms with Crippen LogP contribution in [0.3, 0.4) is 0 Å². The molecule has 0 saturated heterocycles. The van der Waals surface area contributed by atoms with Crippen LogP contribution in [0.25, 0.3) is 0 Å². The number of thioether (sulfide) groups is 1. The average Bonchev–Trinajstić information content (AvgIpc) is 1.83. The van der Waals surface area contributed by atoms with Crippen molar-refractivity contribution in [1.82, 2.24) is 0 Å². The zero-order chi connectivity index (χ0) is 6.41. The first-order valence-electron chi connectivity index (χ1n) is 1.97. The Morgan fingerprint density at radius 2 is 2.25 bits per heavy atom. The van der Waals surface area contributed by atoms with Gasteiger partial charge in [0.1, 0.15) is 0 Å². The molecule has 0 fully saturated rings. The van der Waals surface area contributed by atoms with Gasteiger partial charge in [0.05, 0.1) is 7.05 Å². The first-order valence-corrected chi connectivity index (χ1v) is 3.20. The molecule has 0 amide bonds. The third-order valence-corrected chi connectivity index (χ3v) is 0.942. The van der Waals surface area contributed by atoms with Crippen LogP contribution >= 0.6 is 11.8 Å². The number of nitrogens with two attached hydrogens (primary N) is 1. The number of rotatable bonds is 1. The number of amidine groups is 1. The van der Waals surface area contributed by atoms with Gasteiger partial charge >= 0.3 is 0 Å². The monoisotopic (exact) mass is 132 g/mol. The topological polar surface area (TPSA) is 63.1 Å². The maximum atomic E-state index is 5.22. The largest absolute Gasteiger partial charge is 0.377 e. The fourth-order valence-corrected chi connectivity index (χ4v) is 0.248. The van der Waals surface area contributed by atoms with Crippen molar-refractivity contribution in [3.8, 4) is 0 Å². The van der Waals surface area contributed by atoms with E-state index < -0.39 is 0 Å². The van der Waals surface area contributed by atoms with Gasteiger partial charge in [0, 0.05) is 0 Å². The first kappa shape index (κ1) is 7.42. The quantitative estimate of drug-likeness (QED) is 0.246. The van der Waals surface area contributed by atoms with Gasteiger partial charge in [-0.05, 0) is 11.5 Å². The summed E-state index contributed by atoms with van der Waals surface area (Å²) in [5.41, 5.74) is 5.22. The summed E-state index contributed by atoms with van der Waals surface area (Å²) in [7, 11) is 1.54. The van der Waals surface area contributed by atoms with E-state index in [1.54, 1.807) is 0 Å². The van der Waals surface area contributed by atoms with E-state index in [9.17, 15) is 0 Å². The lowest BCUT2D eigenvalue weighted by Gasteiger charge is -1.84. The summed E-state index contributed by atoms with van der Waals surface area (Å²) in [6.07, 6.45) is 1.82. The van der Waals surface area contributed by atoms with E-state index in [0.29, 0.717) is 5.17 Å². The third kappa shape index (κ3) is 3.60. The fourth-order valence-electron chi connectivity index (χ4n) is 0.130. The maximum Gasteiger partial charge on any atom is 0.182 e. The van der Waals surface area contributed by atoms with Crippen LogP contribution in [0, 0.1) is 0 Å². The Labute approximate surface area is 52.2 Å². The SMILES string of the molecule is CN=NN=C(N)SC. The number of hydrogen-bond donors (Lipinski definition) is 1. The van der Waals surface area contributed by atoms with Crippen molar-refractivity contribution in [3.05, 3.63) is 0 Å². The number of nitrogens with zero attached hydrogens (tertiary/aromatic N) is 3. The van der Waals surface area contributed by atoms with E-state index in [1.165, 1.54) is 18.8 Å². The summed E-state index contributed by atoms with van der Waals surface area (Å²) in [5.74, 6) is 0. The second kappa shape index (κ2) is 4.58. The molecule has 0 aromatic heterocycles. The van der Waals surface area contributed by atoms with Crippen LogP contribution in [0.2, 0.25) is 0 Å². The van der Waals surface area contributed by atoms with Gasteiger partial charge in [-0.2, -0.15) is 5.11 Å². The molecule has 0 aromatic carbocycles. The van der Waals surface area contributed by atoms with Crippen molar-refractivity contribution < 1.29 is 0 Å². The highest BCUT2D eigenvalue weighted by Gasteiger charge is 1.80. The molecule has 46 valence electrons.